The fourth-order valence-corrected chi connectivity index (χ4v) is 3.78. The maximum Gasteiger partial charge on any atom is 0.340 e. The Hall–Kier alpha value is -2.56. The number of rotatable bonds is 3. The van der Waals surface area contributed by atoms with Crippen LogP contribution in [0.25, 0.3) is 0 Å². The van der Waals surface area contributed by atoms with Crippen molar-refractivity contribution < 1.29 is 19.1 Å². The summed E-state index contributed by atoms with van der Waals surface area (Å²) in [7, 11) is 0. The molecule has 0 unspecified atom stereocenters. The van der Waals surface area contributed by atoms with Gasteiger partial charge >= 0.3 is 5.97 Å². The lowest BCUT2D eigenvalue weighted by Crippen LogP contribution is -2.35. The van der Waals surface area contributed by atoms with E-state index in [-0.39, 0.29) is 29.3 Å². The van der Waals surface area contributed by atoms with E-state index in [9.17, 15) is 9.59 Å². The SMILES string of the molecule is CCOC(=O)C1=C(N)OC2=C(C(=O)CC(C)(C)C2)[C@@H]1c1cccc(C)c1. The molecule has 5 nitrogen and oxygen atoms in total. The average molecular weight is 355 g/mol. The maximum absolute atomic E-state index is 13.0. The molecule has 1 aliphatic carbocycles. The van der Waals surface area contributed by atoms with Crippen molar-refractivity contribution in [3.8, 4) is 0 Å². The zero-order chi connectivity index (χ0) is 19.1. The third-order valence-electron chi connectivity index (χ3n) is 4.83. The number of Topliss-reactive ketones (excluding diaryl/α,β-unsaturated/α-hetero) is 1. The lowest BCUT2D eigenvalue weighted by Gasteiger charge is -2.38. The van der Waals surface area contributed by atoms with Gasteiger partial charge in [-0.25, -0.2) is 4.79 Å². The molecule has 0 fully saturated rings. The first-order valence-electron chi connectivity index (χ1n) is 8.91. The van der Waals surface area contributed by atoms with Crippen molar-refractivity contribution in [3.05, 3.63) is 58.2 Å². The van der Waals surface area contributed by atoms with Gasteiger partial charge in [-0.2, -0.15) is 0 Å². The summed E-state index contributed by atoms with van der Waals surface area (Å²) < 4.78 is 11.0. The zero-order valence-corrected chi connectivity index (χ0v) is 15.7. The Labute approximate surface area is 153 Å². The van der Waals surface area contributed by atoms with E-state index in [1.165, 1.54) is 0 Å². The quantitative estimate of drug-likeness (QED) is 0.840. The summed E-state index contributed by atoms with van der Waals surface area (Å²) >= 11 is 0. The lowest BCUT2D eigenvalue weighted by molar-refractivity contribution is -0.139. The highest BCUT2D eigenvalue weighted by molar-refractivity contribution is 6.03. The average Bonchev–Trinajstić information content (AvgIpc) is 2.52. The van der Waals surface area contributed by atoms with Crippen LogP contribution in [0.1, 0.15) is 50.7 Å². The van der Waals surface area contributed by atoms with Crippen LogP contribution in [0.4, 0.5) is 0 Å². The van der Waals surface area contributed by atoms with Gasteiger partial charge in [0.05, 0.1) is 12.5 Å². The summed E-state index contributed by atoms with van der Waals surface area (Å²) in [5.41, 5.74) is 8.57. The van der Waals surface area contributed by atoms with Crippen LogP contribution in [0.5, 0.6) is 0 Å². The highest BCUT2D eigenvalue weighted by Crippen LogP contribution is 2.48. The Morgan fingerprint density at radius 3 is 2.73 bits per heavy atom. The summed E-state index contributed by atoms with van der Waals surface area (Å²) in [4.78, 5) is 25.6. The van der Waals surface area contributed by atoms with Crippen molar-refractivity contribution >= 4 is 11.8 Å². The normalized spacial score (nSPS) is 22.0. The third kappa shape index (κ3) is 3.26. The zero-order valence-electron chi connectivity index (χ0n) is 15.7. The molecule has 2 N–H and O–H groups in total. The molecule has 0 aromatic heterocycles. The monoisotopic (exact) mass is 355 g/mol. The Bertz CT molecular complexity index is 832. The molecular formula is C21H25NO4. The number of ketones is 1. The summed E-state index contributed by atoms with van der Waals surface area (Å²) in [6.07, 6.45) is 1.01. The van der Waals surface area contributed by atoms with Crippen molar-refractivity contribution in [2.45, 2.75) is 46.5 Å². The van der Waals surface area contributed by atoms with Gasteiger partial charge in [0.15, 0.2) is 5.78 Å². The number of carbonyl (C=O) groups excluding carboxylic acids is 2. The molecule has 1 atom stereocenters. The van der Waals surface area contributed by atoms with Gasteiger partial charge in [-0.3, -0.25) is 4.79 Å². The van der Waals surface area contributed by atoms with E-state index in [0.29, 0.717) is 24.2 Å². The molecule has 0 radical (unpaired) electrons. The fourth-order valence-electron chi connectivity index (χ4n) is 3.78. The molecule has 0 saturated carbocycles. The van der Waals surface area contributed by atoms with E-state index >= 15 is 0 Å². The van der Waals surface area contributed by atoms with E-state index in [4.69, 9.17) is 15.2 Å². The highest BCUT2D eigenvalue weighted by Gasteiger charge is 2.44. The topological polar surface area (TPSA) is 78.6 Å². The summed E-state index contributed by atoms with van der Waals surface area (Å²) in [6, 6.07) is 7.77. The minimum absolute atomic E-state index is 0.00273. The number of ether oxygens (including phenoxy) is 2. The Morgan fingerprint density at radius 1 is 1.35 bits per heavy atom. The molecule has 26 heavy (non-hydrogen) atoms. The van der Waals surface area contributed by atoms with E-state index in [1.807, 2.05) is 45.0 Å². The minimum Gasteiger partial charge on any atom is -0.462 e. The number of benzene rings is 1. The van der Waals surface area contributed by atoms with Gasteiger partial charge in [0.25, 0.3) is 0 Å². The summed E-state index contributed by atoms with van der Waals surface area (Å²) in [5, 5.41) is 0. The first kappa shape index (κ1) is 18.2. The van der Waals surface area contributed by atoms with Crippen LogP contribution in [0, 0.1) is 12.3 Å². The number of allylic oxidation sites excluding steroid dienone is 2. The van der Waals surface area contributed by atoms with Crippen LogP contribution in [0.3, 0.4) is 0 Å². The van der Waals surface area contributed by atoms with Crippen molar-refractivity contribution in [1.29, 1.82) is 0 Å². The van der Waals surface area contributed by atoms with Gasteiger partial charge in [-0.05, 0) is 24.8 Å². The van der Waals surface area contributed by atoms with Gasteiger partial charge in [0.2, 0.25) is 5.88 Å². The van der Waals surface area contributed by atoms with E-state index in [1.54, 1.807) is 6.92 Å². The largest absolute Gasteiger partial charge is 0.462 e. The Balaban J connectivity index is 2.18. The molecule has 2 aliphatic rings. The van der Waals surface area contributed by atoms with E-state index in [2.05, 4.69) is 0 Å². The van der Waals surface area contributed by atoms with Crippen LogP contribution in [-0.4, -0.2) is 18.4 Å². The molecular weight excluding hydrogens is 330 g/mol. The van der Waals surface area contributed by atoms with Crippen LogP contribution in [-0.2, 0) is 19.1 Å². The van der Waals surface area contributed by atoms with E-state index < -0.39 is 11.9 Å². The van der Waals surface area contributed by atoms with Crippen LogP contribution in [0.15, 0.2) is 47.1 Å². The predicted molar refractivity (Wildman–Crippen MR) is 97.9 cm³/mol. The summed E-state index contributed by atoms with van der Waals surface area (Å²) in [6.45, 7) is 7.99. The first-order valence-corrected chi connectivity index (χ1v) is 8.91. The molecule has 1 aromatic rings. The molecule has 0 amide bonds. The Kier molecular flexibility index (Phi) is 4.65. The molecule has 0 saturated heterocycles. The van der Waals surface area contributed by atoms with Gasteiger partial charge in [0, 0.05) is 18.4 Å². The molecule has 1 aromatic carbocycles. The molecule has 1 aliphatic heterocycles. The van der Waals surface area contributed by atoms with Gasteiger partial charge < -0.3 is 15.2 Å². The van der Waals surface area contributed by atoms with Crippen molar-refractivity contribution in [2.24, 2.45) is 11.1 Å². The standard InChI is InChI=1S/C21H25NO4/c1-5-25-20(24)18-16(13-8-6-7-12(2)9-13)17-14(23)10-21(3,4)11-15(17)26-19(18)22/h6-9,16H,5,10-11,22H2,1-4H3/t16-/m0/s1. The van der Waals surface area contributed by atoms with Gasteiger partial charge in [0.1, 0.15) is 11.3 Å². The maximum atomic E-state index is 13.0. The number of hydrogen-bond acceptors (Lipinski definition) is 5. The van der Waals surface area contributed by atoms with Crippen LogP contribution >= 0.6 is 0 Å². The lowest BCUT2D eigenvalue weighted by atomic mass is 9.70. The van der Waals surface area contributed by atoms with Crippen LogP contribution < -0.4 is 5.73 Å². The minimum atomic E-state index is -0.554. The number of esters is 1. The second-order valence-corrected chi connectivity index (χ2v) is 7.73. The number of aryl methyl sites for hydroxylation is 1. The van der Waals surface area contributed by atoms with Crippen molar-refractivity contribution in [1.82, 2.24) is 0 Å². The molecule has 3 rings (SSSR count). The molecule has 138 valence electrons. The van der Waals surface area contributed by atoms with Crippen molar-refractivity contribution in [3.63, 3.8) is 0 Å². The highest BCUT2D eigenvalue weighted by atomic mass is 16.5. The van der Waals surface area contributed by atoms with Gasteiger partial charge in [-0.1, -0.05) is 43.7 Å². The molecule has 0 bridgehead atoms. The number of hydrogen-bond donors (Lipinski definition) is 1. The smallest absolute Gasteiger partial charge is 0.340 e. The van der Waals surface area contributed by atoms with E-state index in [0.717, 1.165) is 11.1 Å². The van der Waals surface area contributed by atoms with Crippen molar-refractivity contribution in [2.75, 3.05) is 6.61 Å². The number of carbonyl (C=O) groups is 2. The predicted octanol–water partition coefficient (Wildman–Crippen LogP) is 3.49. The molecule has 5 heteroatoms. The van der Waals surface area contributed by atoms with Gasteiger partial charge in [-0.15, -0.1) is 0 Å². The second kappa shape index (κ2) is 6.63. The first-order chi connectivity index (χ1) is 12.2. The number of nitrogens with two attached hydrogens (primary N) is 1. The third-order valence-corrected chi connectivity index (χ3v) is 4.83. The molecule has 1 heterocycles. The van der Waals surface area contributed by atoms with Crippen LogP contribution in [0.2, 0.25) is 0 Å². The Morgan fingerprint density at radius 2 is 2.08 bits per heavy atom. The second-order valence-electron chi connectivity index (χ2n) is 7.73. The molecule has 0 spiro atoms. The summed E-state index contributed by atoms with van der Waals surface area (Å²) in [5.74, 6) is -0.499. The fraction of sp³-hybridized carbons (Fsp3) is 0.429.